The van der Waals surface area contributed by atoms with Crippen LogP contribution in [0.5, 0.6) is 11.5 Å². The molecule has 0 aromatic heterocycles. The van der Waals surface area contributed by atoms with Gasteiger partial charge in [-0.25, -0.2) is 0 Å². The summed E-state index contributed by atoms with van der Waals surface area (Å²) in [4.78, 5) is 0. The third-order valence-electron chi connectivity index (χ3n) is 3.42. The van der Waals surface area contributed by atoms with E-state index in [0.29, 0.717) is 5.92 Å². The summed E-state index contributed by atoms with van der Waals surface area (Å²) in [6.45, 7) is 2.10. The summed E-state index contributed by atoms with van der Waals surface area (Å²) in [6.07, 6.45) is 1.83. The molecule has 2 atom stereocenters. The average molecular weight is 222 g/mol. The number of hydrogen-bond acceptors (Lipinski definition) is 3. The van der Waals surface area contributed by atoms with Gasteiger partial charge in [0.1, 0.15) is 11.5 Å². The van der Waals surface area contributed by atoms with Gasteiger partial charge in [0.15, 0.2) is 0 Å². The summed E-state index contributed by atoms with van der Waals surface area (Å²) >= 11 is 0. The molecular formula is C13H18O3. The Bertz CT molecular complexity index is 367. The van der Waals surface area contributed by atoms with Crippen molar-refractivity contribution in [1.29, 1.82) is 0 Å². The van der Waals surface area contributed by atoms with Crippen LogP contribution in [0.15, 0.2) is 18.2 Å². The van der Waals surface area contributed by atoms with E-state index in [4.69, 9.17) is 9.47 Å². The van der Waals surface area contributed by atoms with Gasteiger partial charge in [-0.15, -0.1) is 0 Å². The van der Waals surface area contributed by atoms with Gasteiger partial charge >= 0.3 is 0 Å². The molecule has 1 aromatic carbocycles. The Balaban J connectivity index is 2.34. The number of benzene rings is 1. The fraction of sp³-hybridized carbons (Fsp3) is 0.538. The third-order valence-corrected chi connectivity index (χ3v) is 3.42. The minimum Gasteiger partial charge on any atom is -0.497 e. The standard InChI is InChI=1S/C13H18O3/c1-4-9-8-13(9,14)10-5-11(15-2)7-12(6-10)16-3/h5-7,9,14H,4,8H2,1-3H3. The van der Waals surface area contributed by atoms with Crippen molar-refractivity contribution < 1.29 is 14.6 Å². The number of rotatable bonds is 4. The van der Waals surface area contributed by atoms with Crippen molar-refractivity contribution in [2.24, 2.45) is 5.92 Å². The van der Waals surface area contributed by atoms with Gasteiger partial charge in [0.25, 0.3) is 0 Å². The van der Waals surface area contributed by atoms with Crippen LogP contribution in [0.2, 0.25) is 0 Å². The van der Waals surface area contributed by atoms with Crippen LogP contribution in [-0.4, -0.2) is 19.3 Å². The highest BCUT2D eigenvalue weighted by Gasteiger charge is 2.53. The highest BCUT2D eigenvalue weighted by molar-refractivity contribution is 5.43. The summed E-state index contributed by atoms with van der Waals surface area (Å²) in [5.41, 5.74) is 0.229. The second-order valence-corrected chi connectivity index (χ2v) is 4.33. The monoisotopic (exact) mass is 222 g/mol. The number of hydrogen-bond donors (Lipinski definition) is 1. The maximum Gasteiger partial charge on any atom is 0.122 e. The lowest BCUT2D eigenvalue weighted by Crippen LogP contribution is -2.09. The SMILES string of the molecule is CCC1CC1(O)c1cc(OC)cc(OC)c1. The molecule has 88 valence electrons. The second kappa shape index (κ2) is 3.98. The predicted octanol–water partition coefficient (Wildman–Crippen LogP) is 2.32. The molecule has 3 heteroatoms. The van der Waals surface area contributed by atoms with Gasteiger partial charge in [-0.3, -0.25) is 0 Å². The van der Waals surface area contributed by atoms with E-state index in [-0.39, 0.29) is 0 Å². The normalized spacial score (nSPS) is 27.6. The van der Waals surface area contributed by atoms with Gasteiger partial charge in [-0.2, -0.15) is 0 Å². The molecule has 0 saturated heterocycles. The smallest absolute Gasteiger partial charge is 0.122 e. The minimum absolute atomic E-state index is 0.365. The van der Waals surface area contributed by atoms with Crippen LogP contribution in [0.25, 0.3) is 0 Å². The van der Waals surface area contributed by atoms with Crippen LogP contribution in [0.3, 0.4) is 0 Å². The first-order valence-corrected chi connectivity index (χ1v) is 5.60. The number of ether oxygens (including phenoxy) is 2. The predicted molar refractivity (Wildman–Crippen MR) is 61.8 cm³/mol. The molecule has 3 nitrogen and oxygen atoms in total. The summed E-state index contributed by atoms with van der Waals surface area (Å²) in [7, 11) is 3.24. The fourth-order valence-electron chi connectivity index (χ4n) is 2.21. The lowest BCUT2D eigenvalue weighted by molar-refractivity contribution is 0.129. The Morgan fingerprint density at radius 1 is 1.25 bits per heavy atom. The molecule has 0 bridgehead atoms. The molecule has 1 N–H and O–H groups in total. The van der Waals surface area contributed by atoms with Crippen LogP contribution in [0.1, 0.15) is 25.3 Å². The zero-order valence-corrected chi connectivity index (χ0v) is 9.99. The van der Waals surface area contributed by atoms with Crippen LogP contribution in [0.4, 0.5) is 0 Å². The maximum absolute atomic E-state index is 10.4. The average Bonchev–Trinajstić information content (AvgIpc) is 3.01. The first-order chi connectivity index (χ1) is 7.63. The molecule has 2 rings (SSSR count). The van der Waals surface area contributed by atoms with E-state index < -0.39 is 5.60 Å². The third kappa shape index (κ3) is 1.76. The Labute approximate surface area is 96.0 Å². The van der Waals surface area contributed by atoms with E-state index in [2.05, 4.69) is 6.92 Å². The number of methoxy groups -OCH3 is 2. The van der Waals surface area contributed by atoms with Crippen molar-refractivity contribution in [2.45, 2.75) is 25.4 Å². The molecule has 0 amide bonds. The zero-order valence-electron chi connectivity index (χ0n) is 9.99. The molecule has 1 fully saturated rings. The van der Waals surface area contributed by atoms with Crippen LogP contribution < -0.4 is 9.47 Å². The molecule has 1 saturated carbocycles. The van der Waals surface area contributed by atoms with E-state index in [1.165, 1.54) is 0 Å². The first-order valence-electron chi connectivity index (χ1n) is 5.60. The van der Waals surface area contributed by atoms with E-state index in [1.54, 1.807) is 14.2 Å². The topological polar surface area (TPSA) is 38.7 Å². The van der Waals surface area contributed by atoms with Crippen molar-refractivity contribution in [3.63, 3.8) is 0 Å². The lowest BCUT2D eigenvalue weighted by Gasteiger charge is -2.13. The Hall–Kier alpha value is -1.22. The van der Waals surface area contributed by atoms with Gasteiger partial charge in [-0.05, 0) is 30.0 Å². The van der Waals surface area contributed by atoms with Gasteiger partial charge in [0.2, 0.25) is 0 Å². The highest BCUT2D eigenvalue weighted by atomic mass is 16.5. The van der Waals surface area contributed by atoms with E-state index in [9.17, 15) is 5.11 Å². The quantitative estimate of drug-likeness (QED) is 0.849. The Kier molecular flexibility index (Phi) is 2.80. The molecule has 0 spiro atoms. The molecule has 2 unspecified atom stereocenters. The Morgan fingerprint density at radius 3 is 2.19 bits per heavy atom. The fourth-order valence-corrected chi connectivity index (χ4v) is 2.21. The van der Waals surface area contributed by atoms with Crippen LogP contribution in [-0.2, 0) is 5.60 Å². The summed E-state index contributed by atoms with van der Waals surface area (Å²) in [5.74, 6) is 1.82. The molecule has 1 aromatic rings. The first kappa shape index (κ1) is 11.3. The van der Waals surface area contributed by atoms with E-state index in [1.807, 2.05) is 18.2 Å². The van der Waals surface area contributed by atoms with Crippen molar-refractivity contribution in [3.8, 4) is 11.5 Å². The molecule has 0 radical (unpaired) electrons. The number of aliphatic hydroxyl groups is 1. The molecule has 0 heterocycles. The van der Waals surface area contributed by atoms with Crippen molar-refractivity contribution in [3.05, 3.63) is 23.8 Å². The van der Waals surface area contributed by atoms with Crippen molar-refractivity contribution in [1.82, 2.24) is 0 Å². The van der Waals surface area contributed by atoms with Gasteiger partial charge in [0.05, 0.1) is 19.8 Å². The summed E-state index contributed by atoms with van der Waals surface area (Å²) in [6, 6.07) is 5.59. The lowest BCUT2D eigenvalue weighted by atomic mass is 10.0. The highest BCUT2D eigenvalue weighted by Crippen LogP contribution is 2.54. The van der Waals surface area contributed by atoms with Gasteiger partial charge in [-0.1, -0.05) is 13.3 Å². The molecule has 0 aliphatic heterocycles. The zero-order chi connectivity index (χ0) is 11.8. The van der Waals surface area contributed by atoms with Crippen molar-refractivity contribution >= 4 is 0 Å². The Morgan fingerprint density at radius 2 is 1.81 bits per heavy atom. The maximum atomic E-state index is 10.4. The molecule has 1 aliphatic rings. The summed E-state index contributed by atoms with van der Waals surface area (Å²) < 4.78 is 10.4. The minimum atomic E-state index is -0.670. The van der Waals surface area contributed by atoms with Gasteiger partial charge in [0, 0.05) is 6.07 Å². The van der Waals surface area contributed by atoms with Gasteiger partial charge < -0.3 is 14.6 Å². The van der Waals surface area contributed by atoms with Crippen molar-refractivity contribution in [2.75, 3.05) is 14.2 Å². The second-order valence-electron chi connectivity index (χ2n) is 4.33. The van der Waals surface area contributed by atoms with E-state index >= 15 is 0 Å². The van der Waals surface area contributed by atoms with Crippen LogP contribution in [0, 0.1) is 5.92 Å². The van der Waals surface area contributed by atoms with Crippen LogP contribution >= 0.6 is 0 Å². The van der Waals surface area contributed by atoms with E-state index in [0.717, 1.165) is 29.9 Å². The largest absolute Gasteiger partial charge is 0.497 e. The molecule has 16 heavy (non-hydrogen) atoms. The molecular weight excluding hydrogens is 204 g/mol. The molecule has 1 aliphatic carbocycles. The summed E-state index contributed by atoms with van der Waals surface area (Å²) in [5, 5.41) is 10.4.